The molecule has 0 rings (SSSR count). The van der Waals surface area contributed by atoms with Crippen LogP contribution in [0.5, 0.6) is 0 Å². The van der Waals surface area contributed by atoms with Gasteiger partial charge in [0, 0.05) is 19.3 Å². The van der Waals surface area contributed by atoms with Crippen LogP contribution in [0.25, 0.3) is 0 Å². The molecule has 404 valence electrons. The Kier molecular flexibility index (Phi) is 55.0. The van der Waals surface area contributed by atoms with Crippen molar-refractivity contribution in [3.8, 4) is 0 Å². The molecule has 6 heteroatoms. The maximum absolute atomic E-state index is 12.9. The molecule has 0 aliphatic carbocycles. The summed E-state index contributed by atoms with van der Waals surface area (Å²) in [6.07, 6.45) is 62.3. The Hall–Kier alpha value is -1.59. The highest BCUT2D eigenvalue weighted by molar-refractivity contribution is 5.71. The highest BCUT2D eigenvalue weighted by Gasteiger charge is 2.19. The zero-order chi connectivity index (χ0) is 49.5. The second-order valence-electron chi connectivity index (χ2n) is 21.6. The van der Waals surface area contributed by atoms with Crippen LogP contribution in [-0.2, 0) is 28.6 Å². The molecule has 0 amide bonds. The van der Waals surface area contributed by atoms with E-state index < -0.39 is 6.10 Å². The van der Waals surface area contributed by atoms with Gasteiger partial charge in [-0.25, -0.2) is 0 Å². The molecule has 0 N–H and O–H groups in total. The summed E-state index contributed by atoms with van der Waals surface area (Å²) in [5.41, 5.74) is 0. The summed E-state index contributed by atoms with van der Waals surface area (Å²) in [5, 5.41) is 0. The van der Waals surface area contributed by atoms with Gasteiger partial charge in [-0.1, -0.05) is 317 Å². The molecular formula is C62H120O6. The fourth-order valence-corrected chi connectivity index (χ4v) is 9.60. The van der Waals surface area contributed by atoms with Gasteiger partial charge < -0.3 is 14.2 Å². The third-order valence-corrected chi connectivity index (χ3v) is 14.7. The number of carbonyl (C=O) groups is 3. The van der Waals surface area contributed by atoms with E-state index in [1.807, 2.05) is 0 Å². The molecule has 0 bridgehead atoms. The van der Waals surface area contributed by atoms with Crippen molar-refractivity contribution in [2.75, 3.05) is 13.2 Å². The molecule has 68 heavy (non-hydrogen) atoms. The van der Waals surface area contributed by atoms with Gasteiger partial charge in [-0.05, 0) is 25.2 Å². The van der Waals surface area contributed by atoms with Crippen LogP contribution < -0.4 is 0 Å². The van der Waals surface area contributed by atoms with Gasteiger partial charge in [-0.3, -0.25) is 14.4 Å². The number of esters is 3. The van der Waals surface area contributed by atoms with Crippen molar-refractivity contribution < 1.29 is 28.6 Å². The summed E-state index contributed by atoms with van der Waals surface area (Å²) >= 11 is 0. The first-order valence-electron chi connectivity index (χ1n) is 30.9. The Morgan fingerprint density at radius 1 is 0.294 bits per heavy atom. The molecule has 0 aromatic rings. The van der Waals surface area contributed by atoms with Crippen LogP contribution in [0.3, 0.4) is 0 Å². The van der Waals surface area contributed by atoms with Gasteiger partial charge in [0.25, 0.3) is 0 Å². The first-order chi connectivity index (χ1) is 33.4. The first-order valence-corrected chi connectivity index (χ1v) is 30.9. The van der Waals surface area contributed by atoms with Crippen LogP contribution in [0.2, 0.25) is 0 Å². The van der Waals surface area contributed by atoms with E-state index in [1.54, 1.807) is 0 Å². The zero-order valence-corrected chi connectivity index (χ0v) is 46.6. The van der Waals surface area contributed by atoms with Gasteiger partial charge in [-0.2, -0.15) is 0 Å². The zero-order valence-electron chi connectivity index (χ0n) is 46.6. The van der Waals surface area contributed by atoms with Crippen LogP contribution in [0, 0.1) is 5.92 Å². The molecule has 0 spiro atoms. The Labute approximate surface area is 425 Å². The summed E-state index contributed by atoms with van der Waals surface area (Å²) < 4.78 is 16.9. The van der Waals surface area contributed by atoms with E-state index in [2.05, 4.69) is 27.7 Å². The maximum atomic E-state index is 12.9. The van der Waals surface area contributed by atoms with Gasteiger partial charge >= 0.3 is 17.9 Å². The van der Waals surface area contributed by atoms with Gasteiger partial charge in [0.15, 0.2) is 6.10 Å². The summed E-state index contributed by atoms with van der Waals surface area (Å²) in [5.74, 6) is 0.0657. The largest absolute Gasteiger partial charge is 0.462 e. The minimum absolute atomic E-state index is 0.0613. The third-order valence-electron chi connectivity index (χ3n) is 14.7. The SMILES string of the molecule is CCCCCCCCCCCCCCCCCCCCC(=O)OC[C@H](COC(=O)CCCCCCCCCCCCCCCCC(C)CC)OC(=O)CCCCCCCCCCCCCCCC. The monoisotopic (exact) mass is 961 g/mol. The van der Waals surface area contributed by atoms with Crippen LogP contribution in [-0.4, -0.2) is 37.2 Å². The van der Waals surface area contributed by atoms with E-state index in [1.165, 1.54) is 250 Å². The number of ether oxygens (including phenoxy) is 3. The fraction of sp³-hybridized carbons (Fsp3) is 0.952. The third kappa shape index (κ3) is 53.8. The van der Waals surface area contributed by atoms with Crippen molar-refractivity contribution in [3.63, 3.8) is 0 Å². The van der Waals surface area contributed by atoms with Crippen molar-refractivity contribution in [1.82, 2.24) is 0 Å². The molecule has 0 saturated heterocycles. The molecule has 0 aliphatic heterocycles. The Balaban J connectivity index is 4.27. The van der Waals surface area contributed by atoms with E-state index >= 15 is 0 Å². The molecular weight excluding hydrogens is 841 g/mol. The predicted molar refractivity (Wildman–Crippen MR) is 293 cm³/mol. The van der Waals surface area contributed by atoms with Crippen LogP contribution in [0.4, 0.5) is 0 Å². The topological polar surface area (TPSA) is 78.9 Å². The molecule has 0 heterocycles. The number of unbranched alkanes of at least 4 members (excludes halogenated alkanes) is 43. The van der Waals surface area contributed by atoms with Crippen molar-refractivity contribution in [2.24, 2.45) is 5.92 Å². The second-order valence-corrected chi connectivity index (χ2v) is 21.6. The maximum Gasteiger partial charge on any atom is 0.306 e. The Bertz CT molecular complexity index is 1030. The molecule has 6 nitrogen and oxygen atoms in total. The average molecular weight is 962 g/mol. The van der Waals surface area contributed by atoms with Gasteiger partial charge in [0.2, 0.25) is 0 Å². The van der Waals surface area contributed by atoms with Crippen molar-refractivity contribution in [2.45, 2.75) is 361 Å². The predicted octanol–water partition coefficient (Wildman–Crippen LogP) is 20.6. The van der Waals surface area contributed by atoms with Crippen LogP contribution >= 0.6 is 0 Å². The van der Waals surface area contributed by atoms with E-state index in [0.29, 0.717) is 19.3 Å². The smallest absolute Gasteiger partial charge is 0.306 e. The van der Waals surface area contributed by atoms with E-state index in [9.17, 15) is 14.4 Å². The highest BCUT2D eigenvalue weighted by atomic mass is 16.6. The van der Waals surface area contributed by atoms with E-state index in [0.717, 1.165) is 63.7 Å². The van der Waals surface area contributed by atoms with Gasteiger partial charge in [0.05, 0.1) is 0 Å². The number of carbonyl (C=O) groups excluding carboxylic acids is 3. The minimum atomic E-state index is -0.762. The summed E-state index contributed by atoms with van der Waals surface area (Å²) in [4.78, 5) is 38.2. The number of rotatable bonds is 57. The van der Waals surface area contributed by atoms with Crippen molar-refractivity contribution in [3.05, 3.63) is 0 Å². The molecule has 0 aliphatic rings. The summed E-state index contributed by atoms with van der Waals surface area (Å²) in [6.45, 7) is 9.11. The molecule has 0 radical (unpaired) electrons. The lowest BCUT2D eigenvalue weighted by atomic mass is 9.99. The normalized spacial score (nSPS) is 12.4. The lowest BCUT2D eigenvalue weighted by Gasteiger charge is -2.18. The molecule has 2 atom stereocenters. The standard InChI is InChI=1S/C62H120O6/c1-5-8-10-12-14-16-18-20-22-23-24-25-30-33-37-41-45-49-53-60(63)66-56-59(68-62(65)55-51-47-43-39-35-29-21-19-17-15-13-11-9-6-2)57-67-61(64)54-50-46-42-38-34-31-27-26-28-32-36-40-44-48-52-58(4)7-3/h58-59H,5-57H2,1-4H3/t58?,59-/m1/s1. The minimum Gasteiger partial charge on any atom is -0.462 e. The van der Waals surface area contributed by atoms with Gasteiger partial charge in [-0.15, -0.1) is 0 Å². The lowest BCUT2D eigenvalue weighted by molar-refractivity contribution is -0.167. The lowest BCUT2D eigenvalue weighted by Crippen LogP contribution is -2.30. The van der Waals surface area contributed by atoms with Crippen molar-refractivity contribution in [1.29, 1.82) is 0 Å². The van der Waals surface area contributed by atoms with Gasteiger partial charge in [0.1, 0.15) is 13.2 Å². The summed E-state index contributed by atoms with van der Waals surface area (Å²) in [7, 11) is 0. The molecule has 0 fully saturated rings. The van der Waals surface area contributed by atoms with Crippen molar-refractivity contribution >= 4 is 17.9 Å². The molecule has 1 unspecified atom stereocenters. The molecule has 0 aromatic carbocycles. The first kappa shape index (κ1) is 66.4. The average Bonchev–Trinajstić information content (AvgIpc) is 3.34. The number of hydrogen-bond acceptors (Lipinski definition) is 6. The fourth-order valence-electron chi connectivity index (χ4n) is 9.60. The van der Waals surface area contributed by atoms with E-state index in [-0.39, 0.29) is 31.1 Å². The Morgan fingerprint density at radius 3 is 0.765 bits per heavy atom. The second kappa shape index (κ2) is 56.3. The number of hydrogen-bond donors (Lipinski definition) is 0. The van der Waals surface area contributed by atoms with Crippen LogP contribution in [0.15, 0.2) is 0 Å². The highest BCUT2D eigenvalue weighted by Crippen LogP contribution is 2.19. The summed E-state index contributed by atoms with van der Waals surface area (Å²) in [6, 6.07) is 0. The quantitative estimate of drug-likeness (QED) is 0.0343. The van der Waals surface area contributed by atoms with Crippen LogP contribution in [0.1, 0.15) is 355 Å². The molecule has 0 aromatic heterocycles. The van der Waals surface area contributed by atoms with E-state index in [4.69, 9.17) is 14.2 Å². The molecule has 0 saturated carbocycles. The Morgan fingerprint density at radius 2 is 0.515 bits per heavy atom.